The monoisotopic (exact) mass is 556 g/mol. The third kappa shape index (κ3) is 6.21. The molecule has 0 bridgehead atoms. The molecule has 1 saturated heterocycles. The molecule has 2 N–H and O–H groups in total. The molecule has 2 heterocycles. The van der Waals surface area contributed by atoms with Crippen LogP contribution in [0.4, 0.5) is 13.2 Å². The number of alkyl halides is 3. The lowest BCUT2D eigenvalue weighted by atomic mass is 9.98. The Morgan fingerprint density at radius 2 is 1.88 bits per heavy atom. The summed E-state index contributed by atoms with van der Waals surface area (Å²) in [4.78, 5) is 15.2. The molecule has 0 unspecified atom stereocenters. The number of nitrogens with zero attached hydrogens (tertiary/aromatic N) is 2. The summed E-state index contributed by atoms with van der Waals surface area (Å²) in [6.45, 7) is 5.62. The number of halogens is 3. The molecule has 1 aromatic heterocycles. The van der Waals surface area contributed by atoms with Crippen LogP contribution in [-0.4, -0.2) is 54.8 Å². The number of nitrogens with one attached hydrogen (secondary N) is 2. The minimum atomic E-state index is -4.67. The predicted molar refractivity (Wildman–Crippen MR) is 146 cm³/mol. The number of amides is 1. The van der Waals surface area contributed by atoms with Crippen LogP contribution in [0.15, 0.2) is 40.8 Å². The highest BCUT2D eigenvalue weighted by Crippen LogP contribution is 2.39. The number of ether oxygens (including phenoxy) is 1. The number of fused-ring (bicyclic) bond motifs is 3. The number of carbonyl (C=O) groups excluding carboxylic acids is 1. The summed E-state index contributed by atoms with van der Waals surface area (Å²) in [5, 5.41) is 16.0. The average molecular weight is 557 g/mol. The molecule has 3 aromatic rings. The van der Waals surface area contributed by atoms with Crippen molar-refractivity contribution in [3.8, 4) is 11.8 Å². The van der Waals surface area contributed by atoms with Crippen molar-refractivity contribution in [2.45, 2.75) is 75.9 Å². The van der Waals surface area contributed by atoms with Crippen molar-refractivity contribution in [3.05, 3.63) is 42.0 Å². The van der Waals surface area contributed by atoms with E-state index in [-0.39, 0.29) is 24.0 Å². The van der Waals surface area contributed by atoms with Crippen LogP contribution in [0.2, 0.25) is 0 Å². The molecule has 0 spiro atoms. The number of benzene rings is 2. The van der Waals surface area contributed by atoms with Gasteiger partial charge in [-0.05, 0) is 74.9 Å². The van der Waals surface area contributed by atoms with Gasteiger partial charge in [-0.25, -0.2) is 0 Å². The van der Waals surface area contributed by atoms with Gasteiger partial charge in [-0.3, -0.25) is 10.1 Å². The first-order valence-corrected chi connectivity index (χ1v) is 13.8. The van der Waals surface area contributed by atoms with E-state index in [9.17, 15) is 23.2 Å². The topological polar surface area (TPSA) is 90.5 Å². The third-order valence-corrected chi connectivity index (χ3v) is 7.81. The van der Waals surface area contributed by atoms with Crippen LogP contribution in [0.3, 0.4) is 0 Å². The molecular formula is C30H35F3N4O3. The van der Waals surface area contributed by atoms with Crippen molar-refractivity contribution >= 4 is 27.8 Å². The lowest BCUT2D eigenvalue weighted by Gasteiger charge is -2.29. The number of hydrogen-bond donors (Lipinski definition) is 2. The number of likely N-dealkylation sites (tertiary alicyclic amines) is 1. The Hall–Kier alpha value is -3.29. The molecule has 1 aliphatic carbocycles. The number of carbonyl (C=O) groups is 1. The van der Waals surface area contributed by atoms with E-state index in [0.29, 0.717) is 35.1 Å². The van der Waals surface area contributed by atoms with E-state index in [1.807, 2.05) is 26.0 Å². The van der Waals surface area contributed by atoms with Crippen LogP contribution in [-0.2, 0) is 4.79 Å². The van der Waals surface area contributed by atoms with Gasteiger partial charge >= 0.3 is 6.18 Å². The molecule has 2 aliphatic rings. The van der Waals surface area contributed by atoms with Crippen LogP contribution in [0, 0.1) is 17.2 Å². The summed E-state index contributed by atoms with van der Waals surface area (Å²) in [7, 11) is 2.09. The van der Waals surface area contributed by atoms with E-state index in [2.05, 4.69) is 28.7 Å². The van der Waals surface area contributed by atoms with Gasteiger partial charge in [-0.2, -0.15) is 18.4 Å². The Labute approximate surface area is 231 Å². The van der Waals surface area contributed by atoms with E-state index in [1.54, 1.807) is 12.1 Å². The van der Waals surface area contributed by atoms with Gasteiger partial charge in [0.2, 0.25) is 5.91 Å². The maximum absolute atomic E-state index is 14.4. The van der Waals surface area contributed by atoms with Crippen molar-refractivity contribution in [1.82, 2.24) is 15.5 Å². The number of furan rings is 1. The maximum atomic E-state index is 14.4. The molecule has 1 amide bonds. The third-order valence-electron chi connectivity index (χ3n) is 7.81. The van der Waals surface area contributed by atoms with Crippen LogP contribution in [0.5, 0.6) is 5.75 Å². The first kappa shape index (κ1) is 28.2. The summed E-state index contributed by atoms with van der Waals surface area (Å²) in [6.07, 6.45) is -1.49. The van der Waals surface area contributed by atoms with E-state index < -0.39 is 29.7 Å². The van der Waals surface area contributed by atoms with Crippen LogP contribution in [0.25, 0.3) is 21.9 Å². The predicted octanol–water partition coefficient (Wildman–Crippen LogP) is 5.84. The second-order valence-corrected chi connectivity index (χ2v) is 11.6. The Bertz CT molecular complexity index is 1420. The van der Waals surface area contributed by atoms with Gasteiger partial charge in [0.05, 0.1) is 12.1 Å². The SMILES string of the molecule is CC(C)C[C@H](N[C@@H](c1ccc2c(c1)oc1ccc(OC3CCN(C)CC3)cc12)C(F)(F)F)C(=O)NC1(C#N)CC1. The van der Waals surface area contributed by atoms with Crippen LogP contribution >= 0.6 is 0 Å². The minimum absolute atomic E-state index is 0.0434. The normalized spacial score (nSPS) is 19.4. The van der Waals surface area contributed by atoms with Gasteiger partial charge in [0.1, 0.15) is 34.6 Å². The van der Waals surface area contributed by atoms with Crippen LogP contribution < -0.4 is 15.4 Å². The zero-order chi connectivity index (χ0) is 28.7. The molecule has 2 aromatic carbocycles. The molecule has 40 heavy (non-hydrogen) atoms. The minimum Gasteiger partial charge on any atom is -0.490 e. The summed E-state index contributed by atoms with van der Waals surface area (Å²) in [6, 6.07) is 8.77. The Balaban J connectivity index is 1.41. The fourth-order valence-corrected chi connectivity index (χ4v) is 5.34. The van der Waals surface area contributed by atoms with E-state index in [4.69, 9.17) is 9.15 Å². The molecule has 2 fully saturated rings. The Kier molecular flexibility index (Phi) is 7.73. The summed E-state index contributed by atoms with van der Waals surface area (Å²) in [5.74, 6) is 0.0686. The van der Waals surface area contributed by atoms with Gasteiger partial charge in [0, 0.05) is 23.9 Å². The highest BCUT2D eigenvalue weighted by atomic mass is 19.4. The maximum Gasteiger partial charge on any atom is 0.407 e. The number of hydrogen-bond acceptors (Lipinski definition) is 6. The summed E-state index contributed by atoms with van der Waals surface area (Å²) >= 11 is 0. The van der Waals surface area contributed by atoms with Crippen molar-refractivity contribution in [3.63, 3.8) is 0 Å². The molecule has 2 atom stereocenters. The first-order chi connectivity index (χ1) is 19.0. The Morgan fingerprint density at radius 3 is 2.50 bits per heavy atom. The average Bonchev–Trinajstić information content (AvgIpc) is 3.58. The van der Waals surface area contributed by atoms with Gasteiger partial charge in [-0.1, -0.05) is 26.0 Å². The summed E-state index contributed by atoms with van der Waals surface area (Å²) < 4.78 is 55.3. The van der Waals surface area contributed by atoms with Gasteiger partial charge in [-0.15, -0.1) is 0 Å². The largest absolute Gasteiger partial charge is 0.490 e. The number of piperidine rings is 1. The van der Waals surface area contributed by atoms with Crippen molar-refractivity contribution in [2.24, 2.45) is 5.92 Å². The first-order valence-electron chi connectivity index (χ1n) is 13.8. The zero-order valence-corrected chi connectivity index (χ0v) is 23.0. The second kappa shape index (κ2) is 10.9. The fraction of sp³-hybridized carbons (Fsp3) is 0.533. The molecule has 10 heteroatoms. The second-order valence-electron chi connectivity index (χ2n) is 11.6. The van der Waals surface area contributed by atoms with E-state index >= 15 is 0 Å². The van der Waals surface area contributed by atoms with E-state index in [1.165, 1.54) is 12.1 Å². The molecule has 1 aliphatic heterocycles. The number of rotatable bonds is 9. The highest BCUT2D eigenvalue weighted by molar-refractivity contribution is 6.05. The molecule has 1 saturated carbocycles. The zero-order valence-electron chi connectivity index (χ0n) is 23.0. The van der Waals surface area contributed by atoms with Gasteiger partial charge in [0.25, 0.3) is 0 Å². The molecule has 5 rings (SSSR count). The highest BCUT2D eigenvalue weighted by Gasteiger charge is 2.47. The van der Waals surface area contributed by atoms with Crippen molar-refractivity contribution in [2.75, 3.05) is 20.1 Å². The van der Waals surface area contributed by atoms with Crippen molar-refractivity contribution < 1.29 is 27.1 Å². The lowest BCUT2D eigenvalue weighted by molar-refractivity contribution is -0.161. The van der Waals surface area contributed by atoms with E-state index in [0.717, 1.165) is 31.3 Å². The van der Waals surface area contributed by atoms with Crippen molar-refractivity contribution in [1.29, 1.82) is 5.26 Å². The quantitative estimate of drug-likeness (QED) is 0.344. The molecule has 7 nitrogen and oxygen atoms in total. The lowest BCUT2D eigenvalue weighted by Crippen LogP contribution is -2.52. The molecule has 214 valence electrons. The number of nitriles is 1. The smallest absolute Gasteiger partial charge is 0.407 e. The molecular weight excluding hydrogens is 521 g/mol. The van der Waals surface area contributed by atoms with Gasteiger partial charge < -0.3 is 19.4 Å². The summed E-state index contributed by atoms with van der Waals surface area (Å²) in [5.41, 5.74) is -0.135. The fourth-order valence-electron chi connectivity index (χ4n) is 5.34. The Morgan fingerprint density at radius 1 is 1.15 bits per heavy atom. The molecule has 0 radical (unpaired) electrons. The standard InChI is InChI=1S/C30H35F3N4O3/c1-18(2)14-24(28(38)36-29(17-34)10-11-29)35-27(30(31,32)33)19-4-6-22-23-16-21(5-7-25(23)40-26(22)15-19)39-20-8-12-37(3)13-9-20/h4-7,15-16,18,20,24,27,35H,8-14H2,1-3H3,(H,36,38)/t24-,27-/m0/s1. The van der Waals surface area contributed by atoms with Gasteiger partial charge in [0.15, 0.2) is 0 Å². The van der Waals surface area contributed by atoms with Crippen LogP contribution in [0.1, 0.15) is 57.6 Å².